The van der Waals surface area contributed by atoms with Gasteiger partial charge in [0, 0.05) is 43.4 Å². The van der Waals surface area contributed by atoms with Crippen molar-refractivity contribution in [2.24, 2.45) is 0 Å². The second kappa shape index (κ2) is 9.96. The molecule has 0 saturated carbocycles. The second-order valence-corrected chi connectivity index (χ2v) is 12.9. The van der Waals surface area contributed by atoms with Crippen molar-refractivity contribution in [1.82, 2.24) is 9.97 Å². The molecule has 0 saturated heterocycles. The third-order valence-electron chi connectivity index (χ3n) is 10.2. The number of rotatable bonds is 3. The summed E-state index contributed by atoms with van der Waals surface area (Å²) in [5.41, 5.74) is 15.2. The van der Waals surface area contributed by atoms with Crippen LogP contribution in [-0.2, 0) is 0 Å². The molecule has 10 aromatic rings. The summed E-state index contributed by atoms with van der Waals surface area (Å²) in [5.74, 6) is 0. The summed E-state index contributed by atoms with van der Waals surface area (Å²) in [6, 6.07) is 56.0. The number of hydrogen-bond donors (Lipinski definition) is 0. The minimum atomic E-state index is 0.916. The highest BCUT2D eigenvalue weighted by atomic mass is 16.3. The third kappa shape index (κ3) is 3.90. The first-order valence-electron chi connectivity index (χ1n) is 16.7. The monoisotopic (exact) mass is 622 g/mol. The van der Waals surface area contributed by atoms with Crippen LogP contribution in [0.5, 0.6) is 0 Å². The van der Waals surface area contributed by atoms with Gasteiger partial charge >= 0.3 is 0 Å². The minimum absolute atomic E-state index is 0.916. The Balaban J connectivity index is 1.04. The first-order chi connectivity index (χ1) is 24.3. The molecule has 3 heteroatoms. The summed E-state index contributed by atoms with van der Waals surface area (Å²) in [6.07, 6.45) is 0. The van der Waals surface area contributed by atoms with E-state index in [4.69, 9.17) is 14.4 Å². The van der Waals surface area contributed by atoms with E-state index < -0.39 is 0 Å². The van der Waals surface area contributed by atoms with Gasteiger partial charge in [0.1, 0.15) is 11.2 Å². The molecular weight excluding hydrogens is 597 g/mol. The predicted octanol–water partition coefficient (Wildman–Crippen LogP) is 12.5. The van der Waals surface area contributed by atoms with Crippen molar-refractivity contribution in [3.8, 4) is 55.9 Å². The molecule has 3 nitrogen and oxygen atoms in total. The zero-order valence-electron chi connectivity index (χ0n) is 26.3. The molecule has 0 spiro atoms. The summed E-state index contributed by atoms with van der Waals surface area (Å²) in [6.45, 7) is 0. The zero-order chi connectivity index (χ0) is 32.1. The van der Waals surface area contributed by atoms with Crippen LogP contribution in [0.2, 0.25) is 0 Å². The molecule has 0 radical (unpaired) electrons. The van der Waals surface area contributed by atoms with Crippen molar-refractivity contribution in [2.45, 2.75) is 0 Å². The van der Waals surface area contributed by atoms with Crippen LogP contribution < -0.4 is 0 Å². The van der Waals surface area contributed by atoms with Crippen LogP contribution in [-0.4, -0.2) is 9.97 Å². The van der Waals surface area contributed by atoms with Crippen molar-refractivity contribution >= 4 is 54.5 Å². The Hall–Kier alpha value is -6.58. The van der Waals surface area contributed by atoms with Crippen LogP contribution in [0, 0.1) is 0 Å². The Kier molecular flexibility index (Phi) is 5.38. The maximum atomic E-state index is 6.42. The van der Waals surface area contributed by atoms with Crippen molar-refractivity contribution in [3.63, 3.8) is 0 Å². The Bertz CT molecular complexity index is 2990. The second-order valence-electron chi connectivity index (χ2n) is 12.9. The van der Waals surface area contributed by atoms with Gasteiger partial charge in [-0.15, -0.1) is 0 Å². The van der Waals surface area contributed by atoms with E-state index in [2.05, 4.69) is 133 Å². The number of nitrogens with zero attached hydrogens (tertiary/aromatic N) is 2. The van der Waals surface area contributed by atoms with E-state index in [1.807, 2.05) is 24.3 Å². The largest absolute Gasteiger partial charge is 0.455 e. The minimum Gasteiger partial charge on any atom is -0.455 e. The Morgan fingerprint density at radius 2 is 1.02 bits per heavy atom. The lowest BCUT2D eigenvalue weighted by Gasteiger charge is -2.10. The van der Waals surface area contributed by atoms with E-state index in [9.17, 15) is 0 Å². The Labute approximate surface area is 281 Å². The van der Waals surface area contributed by atoms with Crippen molar-refractivity contribution in [1.29, 1.82) is 0 Å². The number of fused-ring (bicyclic) bond motifs is 10. The van der Waals surface area contributed by atoms with Crippen LogP contribution in [0.3, 0.4) is 0 Å². The summed E-state index contributed by atoms with van der Waals surface area (Å²) < 4.78 is 6.42. The molecule has 3 heterocycles. The lowest BCUT2D eigenvalue weighted by molar-refractivity contribution is 0.672. The Morgan fingerprint density at radius 1 is 0.367 bits per heavy atom. The molecule has 11 rings (SSSR count). The van der Waals surface area contributed by atoms with E-state index in [0.29, 0.717) is 0 Å². The molecule has 1 aliphatic carbocycles. The van der Waals surface area contributed by atoms with Gasteiger partial charge in [0.2, 0.25) is 0 Å². The molecule has 0 atom stereocenters. The van der Waals surface area contributed by atoms with Gasteiger partial charge in [0.05, 0.1) is 22.4 Å². The quantitative estimate of drug-likeness (QED) is 0.184. The van der Waals surface area contributed by atoms with Crippen molar-refractivity contribution in [3.05, 3.63) is 158 Å². The molecule has 0 aliphatic heterocycles. The first-order valence-corrected chi connectivity index (χ1v) is 16.7. The third-order valence-corrected chi connectivity index (χ3v) is 10.2. The van der Waals surface area contributed by atoms with Gasteiger partial charge in [-0.1, -0.05) is 121 Å². The summed E-state index contributed by atoms with van der Waals surface area (Å²) in [7, 11) is 0. The van der Waals surface area contributed by atoms with E-state index in [1.54, 1.807) is 0 Å². The molecule has 3 aromatic heterocycles. The molecule has 226 valence electrons. The molecule has 0 unspecified atom stereocenters. The predicted molar refractivity (Wildman–Crippen MR) is 203 cm³/mol. The molecule has 0 fully saturated rings. The molecule has 0 N–H and O–H groups in total. The highest BCUT2D eigenvalue weighted by Crippen LogP contribution is 2.51. The molecular formula is C46H26N2O. The molecule has 7 aromatic carbocycles. The van der Waals surface area contributed by atoms with Crippen molar-refractivity contribution < 1.29 is 4.42 Å². The first kappa shape index (κ1) is 26.5. The topological polar surface area (TPSA) is 38.9 Å². The molecule has 0 amide bonds. The van der Waals surface area contributed by atoms with Crippen LogP contribution in [0.25, 0.3) is 110 Å². The lowest BCUT2D eigenvalue weighted by Crippen LogP contribution is -1.91. The average Bonchev–Trinajstić information content (AvgIpc) is 3.71. The highest BCUT2D eigenvalue weighted by Gasteiger charge is 2.25. The maximum absolute atomic E-state index is 6.42. The van der Waals surface area contributed by atoms with Crippen LogP contribution in [0.15, 0.2) is 162 Å². The SMILES string of the molecule is c1ccc(-c2ccc3ccc4ccc(-c5cccc(-c6ccc7c(c6)-c6cc8c9ccccc9oc8c8cccc-7c68)c5)nc4c3n2)cc1. The number of para-hydroxylation sites is 1. The fourth-order valence-electron chi connectivity index (χ4n) is 7.83. The van der Waals surface area contributed by atoms with E-state index in [0.717, 1.165) is 71.8 Å². The normalized spacial score (nSPS) is 12.1. The van der Waals surface area contributed by atoms with Crippen LogP contribution in [0.1, 0.15) is 0 Å². The lowest BCUT2D eigenvalue weighted by atomic mass is 9.95. The van der Waals surface area contributed by atoms with Gasteiger partial charge < -0.3 is 4.42 Å². The fourth-order valence-corrected chi connectivity index (χ4v) is 7.83. The number of benzene rings is 7. The molecule has 49 heavy (non-hydrogen) atoms. The number of hydrogen-bond acceptors (Lipinski definition) is 3. The smallest absolute Gasteiger partial charge is 0.143 e. The summed E-state index contributed by atoms with van der Waals surface area (Å²) >= 11 is 0. The van der Waals surface area contributed by atoms with E-state index >= 15 is 0 Å². The van der Waals surface area contributed by atoms with Gasteiger partial charge in [-0.2, -0.15) is 0 Å². The fraction of sp³-hybridized carbons (Fsp3) is 0. The van der Waals surface area contributed by atoms with Crippen LogP contribution >= 0.6 is 0 Å². The highest BCUT2D eigenvalue weighted by molar-refractivity contribution is 6.26. The zero-order valence-corrected chi connectivity index (χ0v) is 26.3. The maximum Gasteiger partial charge on any atom is 0.143 e. The number of aromatic nitrogens is 2. The molecule has 1 aliphatic rings. The molecule has 0 bridgehead atoms. The summed E-state index contributed by atoms with van der Waals surface area (Å²) in [5, 5.41) is 6.92. The van der Waals surface area contributed by atoms with E-state index in [-0.39, 0.29) is 0 Å². The standard InChI is InChI=1S/C46H26N2O/c1-2-8-27(9-3-1)40-22-19-28-16-17-29-20-23-41(48-45(29)44(28)47-40)32-11-6-10-30(24-32)31-18-21-33-35-13-7-14-36-43(35)38(37(33)25-31)26-39-34-12-4-5-15-42(34)49-46(36)39/h1-26H. The Morgan fingerprint density at radius 3 is 1.86 bits per heavy atom. The number of pyridine rings is 2. The van der Waals surface area contributed by atoms with Gasteiger partial charge in [0.15, 0.2) is 0 Å². The van der Waals surface area contributed by atoms with Gasteiger partial charge in [-0.25, -0.2) is 9.97 Å². The van der Waals surface area contributed by atoms with Crippen molar-refractivity contribution in [2.75, 3.05) is 0 Å². The van der Waals surface area contributed by atoms with Gasteiger partial charge in [-0.05, 0) is 69.8 Å². The average molecular weight is 623 g/mol. The van der Waals surface area contributed by atoms with Gasteiger partial charge in [-0.3, -0.25) is 0 Å². The van der Waals surface area contributed by atoms with E-state index in [1.165, 1.54) is 38.6 Å². The van der Waals surface area contributed by atoms with Crippen LogP contribution in [0.4, 0.5) is 0 Å². The summed E-state index contributed by atoms with van der Waals surface area (Å²) in [4.78, 5) is 10.3. The number of furan rings is 1. The van der Waals surface area contributed by atoms with Gasteiger partial charge in [0.25, 0.3) is 0 Å².